The number of nitrogens with one attached hydrogen (secondary N) is 1. The van der Waals surface area contributed by atoms with Gasteiger partial charge < -0.3 is 10.4 Å². The van der Waals surface area contributed by atoms with Gasteiger partial charge in [-0.25, -0.2) is 0 Å². The zero-order valence-electron chi connectivity index (χ0n) is 11.9. The van der Waals surface area contributed by atoms with Crippen LogP contribution in [0.25, 0.3) is 0 Å². The Kier molecular flexibility index (Phi) is 8.37. The van der Waals surface area contributed by atoms with Crippen LogP contribution in [-0.4, -0.2) is 47.6 Å². The zero-order valence-corrected chi connectivity index (χ0v) is 11.9. The second-order valence-corrected chi connectivity index (χ2v) is 5.07. The highest BCUT2D eigenvalue weighted by Gasteiger charge is 2.19. The molecule has 0 aliphatic carbocycles. The maximum absolute atomic E-state index is 11.0. The molecule has 0 aromatic heterocycles. The fourth-order valence-corrected chi connectivity index (χ4v) is 1.73. The van der Waals surface area contributed by atoms with Crippen molar-refractivity contribution in [1.82, 2.24) is 10.2 Å². The van der Waals surface area contributed by atoms with E-state index in [0.717, 1.165) is 19.4 Å². The van der Waals surface area contributed by atoms with Crippen molar-refractivity contribution in [2.24, 2.45) is 5.92 Å². The largest absolute Gasteiger partial charge is 0.480 e. The van der Waals surface area contributed by atoms with Crippen LogP contribution in [0.1, 0.15) is 40.5 Å². The summed E-state index contributed by atoms with van der Waals surface area (Å²) in [5.74, 6) is -0.273. The number of carbonyl (C=O) groups excluding carboxylic acids is 1. The highest BCUT2D eigenvalue weighted by atomic mass is 16.4. The van der Waals surface area contributed by atoms with Gasteiger partial charge in [-0.05, 0) is 32.2 Å². The summed E-state index contributed by atoms with van der Waals surface area (Å²) in [6, 6.07) is -0.508. The molecule has 106 valence electrons. The molecule has 0 saturated heterocycles. The van der Waals surface area contributed by atoms with Crippen molar-refractivity contribution in [1.29, 1.82) is 0 Å². The van der Waals surface area contributed by atoms with Crippen molar-refractivity contribution in [2.45, 2.75) is 46.6 Å². The van der Waals surface area contributed by atoms with Crippen molar-refractivity contribution in [3.63, 3.8) is 0 Å². The molecule has 0 aliphatic heterocycles. The van der Waals surface area contributed by atoms with Crippen molar-refractivity contribution in [3.8, 4) is 0 Å². The smallest absolute Gasteiger partial charge is 0.320 e. The molecule has 0 heterocycles. The maximum Gasteiger partial charge on any atom is 0.320 e. The number of nitrogens with zero attached hydrogens (tertiary/aromatic N) is 1. The minimum Gasteiger partial charge on any atom is -0.480 e. The molecule has 0 aliphatic rings. The van der Waals surface area contributed by atoms with E-state index >= 15 is 0 Å². The number of hydrogen-bond acceptors (Lipinski definition) is 3. The molecule has 0 fully saturated rings. The molecular weight excluding hydrogens is 232 g/mol. The first-order valence-electron chi connectivity index (χ1n) is 6.56. The van der Waals surface area contributed by atoms with Gasteiger partial charge in [0.25, 0.3) is 0 Å². The van der Waals surface area contributed by atoms with Gasteiger partial charge in [0.2, 0.25) is 5.91 Å². The highest BCUT2D eigenvalue weighted by Crippen LogP contribution is 2.07. The summed E-state index contributed by atoms with van der Waals surface area (Å²) < 4.78 is 0. The third kappa shape index (κ3) is 8.06. The van der Waals surface area contributed by atoms with Gasteiger partial charge in [0.05, 0.1) is 0 Å². The summed E-state index contributed by atoms with van der Waals surface area (Å²) in [4.78, 5) is 23.7. The summed E-state index contributed by atoms with van der Waals surface area (Å²) in [6.07, 6.45) is 2.07. The first kappa shape index (κ1) is 16.9. The Labute approximate surface area is 110 Å². The third-order valence-corrected chi connectivity index (χ3v) is 2.90. The van der Waals surface area contributed by atoms with Gasteiger partial charge in [-0.1, -0.05) is 13.8 Å². The number of rotatable bonds is 9. The number of aliphatic carboxylic acids is 1. The van der Waals surface area contributed by atoms with Gasteiger partial charge in [-0.2, -0.15) is 0 Å². The molecule has 0 saturated carbocycles. The topological polar surface area (TPSA) is 69.6 Å². The first-order valence-corrected chi connectivity index (χ1v) is 6.56. The van der Waals surface area contributed by atoms with E-state index in [1.807, 2.05) is 4.90 Å². The Hall–Kier alpha value is -1.10. The zero-order chi connectivity index (χ0) is 14.1. The molecule has 1 amide bonds. The molecule has 0 aromatic rings. The second-order valence-electron chi connectivity index (χ2n) is 5.07. The van der Waals surface area contributed by atoms with Crippen LogP contribution < -0.4 is 5.32 Å². The number of amides is 1. The Morgan fingerprint density at radius 3 is 2.28 bits per heavy atom. The normalized spacial score (nSPS) is 12.8. The van der Waals surface area contributed by atoms with Crippen molar-refractivity contribution in [2.75, 3.05) is 19.6 Å². The highest BCUT2D eigenvalue weighted by molar-refractivity contribution is 5.73. The fraction of sp³-hybridized carbons (Fsp3) is 0.846. The molecule has 18 heavy (non-hydrogen) atoms. The molecular formula is C13H26N2O3. The summed E-state index contributed by atoms with van der Waals surface area (Å²) in [5, 5.41) is 11.7. The molecule has 2 N–H and O–H groups in total. The van der Waals surface area contributed by atoms with Crippen LogP contribution in [0.4, 0.5) is 0 Å². The molecule has 0 rings (SSSR count). The Morgan fingerprint density at radius 1 is 1.22 bits per heavy atom. The Balaban J connectivity index is 4.16. The van der Waals surface area contributed by atoms with E-state index in [2.05, 4.69) is 19.2 Å². The molecule has 0 radical (unpaired) electrons. The molecule has 1 unspecified atom stereocenters. The molecule has 0 spiro atoms. The second kappa shape index (κ2) is 8.91. The molecule has 0 aromatic carbocycles. The van der Waals surface area contributed by atoms with Crippen molar-refractivity contribution >= 4 is 11.9 Å². The van der Waals surface area contributed by atoms with Crippen LogP contribution in [0, 0.1) is 5.92 Å². The van der Waals surface area contributed by atoms with E-state index < -0.39 is 12.0 Å². The van der Waals surface area contributed by atoms with Crippen LogP contribution in [0.5, 0.6) is 0 Å². The number of carboxylic acids is 1. The summed E-state index contributed by atoms with van der Waals surface area (Å²) in [6.45, 7) is 9.28. The Morgan fingerprint density at radius 2 is 1.83 bits per heavy atom. The van der Waals surface area contributed by atoms with Gasteiger partial charge >= 0.3 is 5.97 Å². The van der Waals surface area contributed by atoms with E-state index in [0.29, 0.717) is 19.0 Å². The van der Waals surface area contributed by atoms with Crippen molar-refractivity contribution < 1.29 is 14.7 Å². The van der Waals surface area contributed by atoms with E-state index in [1.165, 1.54) is 6.92 Å². The number of carboxylic acid groups (broad SMARTS) is 1. The van der Waals surface area contributed by atoms with Crippen LogP contribution in [0.3, 0.4) is 0 Å². The lowest BCUT2D eigenvalue weighted by molar-refractivity contribution is -0.142. The van der Waals surface area contributed by atoms with Crippen LogP contribution in [-0.2, 0) is 9.59 Å². The average Bonchev–Trinajstić information content (AvgIpc) is 2.25. The summed E-state index contributed by atoms with van der Waals surface area (Å²) >= 11 is 0. The first-order chi connectivity index (χ1) is 8.34. The van der Waals surface area contributed by atoms with Gasteiger partial charge in [0, 0.05) is 20.0 Å². The predicted molar refractivity (Wildman–Crippen MR) is 71.4 cm³/mol. The van der Waals surface area contributed by atoms with Gasteiger partial charge in [-0.3, -0.25) is 14.5 Å². The maximum atomic E-state index is 11.0. The average molecular weight is 258 g/mol. The monoisotopic (exact) mass is 258 g/mol. The quantitative estimate of drug-likeness (QED) is 0.654. The van der Waals surface area contributed by atoms with E-state index in [-0.39, 0.29) is 5.91 Å². The summed E-state index contributed by atoms with van der Waals surface area (Å²) in [7, 11) is 0. The van der Waals surface area contributed by atoms with Crippen LogP contribution >= 0.6 is 0 Å². The lowest BCUT2D eigenvalue weighted by Gasteiger charge is -2.26. The van der Waals surface area contributed by atoms with Crippen LogP contribution in [0.15, 0.2) is 0 Å². The minimum absolute atomic E-state index is 0.0832. The number of hydrogen-bond donors (Lipinski definition) is 2. The fourth-order valence-electron chi connectivity index (χ4n) is 1.73. The lowest BCUT2D eigenvalue weighted by atomic mass is 10.1. The minimum atomic E-state index is -0.817. The SMILES string of the molecule is CC(=O)NCCN(CCCC(C)C)C(C)C(=O)O. The Bertz CT molecular complexity index is 267. The number of carbonyl (C=O) groups is 2. The van der Waals surface area contributed by atoms with Gasteiger partial charge in [0.1, 0.15) is 6.04 Å². The van der Waals surface area contributed by atoms with Gasteiger partial charge in [-0.15, -0.1) is 0 Å². The van der Waals surface area contributed by atoms with Crippen molar-refractivity contribution in [3.05, 3.63) is 0 Å². The standard InChI is InChI=1S/C13H26N2O3/c1-10(2)6-5-8-15(11(3)13(17)18)9-7-14-12(4)16/h10-11H,5-9H2,1-4H3,(H,14,16)(H,17,18). The van der Waals surface area contributed by atoms with Gasteiger partial charge in [0.15, 0.2) is 0 Å². The molecule has 0 bridgehead atoms. The lowest BCUT2D eigenvalue weighted by Crippen LogP contribution is -2.43. The van der Waals surface area contributed by atoms with Crippen LogP contribution in [0.2, 0.25) is 0 Å². The predicted octanol–water partition coefficient (Wildman–Crippen LogP) is 1.33. The van der Waals surface area contributed by atoms with E-state index in [1.54, 1.807) is 6.92 Å². The van der Waals surface area contributed by atoms with E-state index in [4.69, 9.17) is 5.11 Å². The molecule has 5 nitrogen and oxygen atoms in total. The summed E-state index contributed by atoms with van der Waals surface area (Å²) in [5.41, 5.74) is 0. The molecule has 5 heteroatoms. The van der Waals surface area contributed by atoms with E-state index in [9.17, 15) is 9.59 Å². The third-order valence-electron chi connectivity index (χ3n) is 2.90. The molecule has 1 atom stereocenters.